The van der Waals surface area contributed by atoms with Crippen molar-refractivity contribution in [2.24, 2.45) is 41.4 Å². The van der Waals surface area contributed by atoms with Crippen molar-refractivity contribution < 1.29 is 65.9 Å². The van der Waals surface area contributed by atoms with E-state index in [1.165, 1.54) is 74.4 Å². The van der Waals surface area contributed by atoms with Crippen molar-refractivity contribution >= 4 is 76.6 Å². The maximum Gasteiger partial charge on any atom is 0.393 e. The van der Waals surface area contributed by atoms with Gasteiger partial charge in [0.25, 0.3) is 0 Å². The Bertz CT molecular complexity index is 2750. The molecular formula is C69H113ClF3N11O11. The molecule has 22 nitrogen and oxygen atoms in total. The smallest absolute Gasteiger partial charge is 0.343 e. The summed E-state index contributed by atoms with van der Waals surface area (Å²) in [6, 6.07) is -9.63. The summed E-state index contributed by atoms with van der Waals surface area (Å²) in [4.78, 5) is 174. The van der Waals surface area contributed by atoms with Crippen LogP contribution in [0.1, 0.15) is 197 Å². The zero-order valence-electron chi connectivity index (χ0n) is 59.4. The highest BCUT2D eigenvalue weighted by Gasteiger charge is 2.52. The number of nitrogens with one attached hydrogen (secondary N) is 3. The highest BCUT2D eigenvalue weighted by molar-refractivity contribution is 6.20. The molecule has 3 saturated heterocycles. The Morgan fingerprint density at radius 3 is 1.77 bits per heavy atom. The standard InChI is InChI=1S/C69H113ClF3N11O11/c1-16-42(6)57-65(93)79(12)45(9)61(89)84-34-30-52(84)64(92)81(14)54(38-47-24-22-41(5)23-25-47)63(91)77(10)39-55(85)74-50(29-27-46-26-28-48(49(70)37-46)69(71,72)73)62(90)83-33-20-21-51(83)60(88)76-68(31-18-19-32-68)67(95)82(15)58(43(7)17-2)66(94)78(11)44(8)36-56(86)80(13)53(35-40(3)4)59(87)75-57/h40-54,57-58H,16-39H2,1-15H3,(H,74,85)(H,75,87)(H,76,88)/t41?,42-,43-,44+,45-,46?,47?,48?,49?,50-,51-,52-,53-,54-,57-,58-/m0/s1. The van der Waals surface area contributed by atoms with Crippen LogP contribution in [0.4, 0.5) is 13.2 Å². The van der Waals surface area contributed by atoms with E-state index >= 15 is 14.4 Å². The molecule has 95 heavy (non-hydrogen) atoms. The van der Waals surface area contributed by atoms with Gasteiger partial charge in [0, 0.05) is 73.2 Å². The normalized spacial score (nSPS) is 32.7. The van der Waals surface area contributed by atoms with E-state index in [0.717, 1.165) is 25.7 Å². The minimum atomic E-state index is -4.49. The molecule has 1 spiro atoms. The number of carbonyl (C=O) groups is 11. The van der Waals surface area contributed by atoms with Gasteiger partial charge in [0.05, 0.1) is 12.5 Å². The predicted octanol–water partition coefficient (Wildman–Crippen LogP) is 6.73. The quantitative estimate of drug-likeness (QED) is 0.183. The molecule has 0 aromatic heterocycles. The van der Waals surface area contributed by atoms with E-state index < -0.39 is 161 Å². The van der Waals surface area contributed by atoms with Crippen LogP contribution in [0.2, 0.25) is 0 Å². The van der Waals surface area contributed by atoms with Crippen molar-refractivity contribution in [3.8, 4) is 0 Å². The lowest BCUT2D eigenvalue weighted by Crippen LogP contribution is -2.65. The van der Waals surface area contributed by atoms with E-state index in [1.807, 2.05) is 34.6 Å². The van der Waals surface area contributed by atoms with Crippen molar-refractivity contribution in [3.05, 3.63) is 0 Å². The van der Waals surface area contributed by atoms with Crippen LogP contribution in [0.3, 0.4) is 0 Å². The first-order chi connectivity index (χ1) is 44.5. The van der Waals surface area contributed by atoms with Crippen molar-refractivity contribution in [1.29, 1.82) is 0 Å². The van der Waals surface area contributed by atoms with Gasteiger partial charge in [-0.25, -0.2) is 0 Å². The van der Waals surface area contributed by atoms with Crippen LogP contribution in [0, 0.1) is 41.4 Å². The average Bonchev–Trinajstić information content (AvgIpc) is 1.77. The lowest BCUT2D eigenvalue weighted by Gasteiger charge is -2.45. The molecule has 0 radical (unpaired) electrons. The fourth-order valence-corrected chi connectivity index (χ4v) is 15.8. The third-order valence-corrected chi connectivity index (χ3v) is 23.1. The highest BCUT2D eigenvalue weighted by Crippen LogP contribution is 2.44. The molecule has 14 atom stereocenters. The predicted molar refractivity (Wildman–Crippen MR) is 354 cm³/mol. The van der Waals surface area contributed by atoms with E-state index in [-0.39, 0.29) is 108 Å². The van der Waals surface area contributed by atoms with Crippen LogP contribution in [0.15, 0.2) is 0 Å². The van der Waals surface area contributed by atoms with Gasteiger partial charge in [-0.05, 0) is 126 Å². The van der Waals surface area contributed by atoms with Crippen LogP contribution >= 0.6 is 11.6 Å². The zero-order chi connectivity index (χ0) is 70.9. The first-order valence-electron chi connectivity index (χ1n) is 35.3. The van der Waals surface area contributed by atoms with Gasteiger partial charge in [0.1, 0.15) is 53.9 Å². The van der Waals surface area contributed by atoms with Crippen molar-refractivity contribution in [3.63, 3.8) is 0 Å². The molecule has 3 aliphatic carbocycles. The average molecular weight is 1370 g/mol. The molecular weight excluding hydrogens is 1250 g/mol. The summed E-state index contributed by atoms with van der Waals surface area (Å²) in [6.07, 6.45) is 2.65. The Kier molecular flexibility index (Phi) is 27.7. The van der Waals surface area contributed by atoms with Gasteiger partial charge in [0.15, 0.2) is 0 Å². The third-order valence-electron chi connectivity index (χ3n) is 22.6. The number of fused-ring (bicyclic) bond motifs is 2. The number of likely N-dealkylation sites (N-methyl/N-ethyl adjacent to an activating group) is 6. The molecule has 11 amide bonds. The second kappa shape index (κ2) is 33.7. The number of rotatable bonds is 11. The molecule has 3 aliphatic heterocycles. The number of amides is 11. The Morgan fingerprint density at radius 2 is 1.20 bits per heavy atom. The zero-order valence-corrected chi connectivity index (χ0v) is 60.1. The molecule has 538 valence electrons. The highest BCUT2D eigenvalue weighted by atomic mass is 35.5. The van der Waals surface area contributed by atoms with Crippen molar-refractivity contribution in [2.45, 2.75) is 269 Å². The summed E-state index contributed by atoms with van der Waals surface area (Å²) in [6.45, 7) is 16.3. The maximum absolute atomic E-state index is 15.3. The van der Waals surface area contributed by atoms with Crippen molar-refractivity contribution in [2.75, 3.05) is 61.9 Å². The van der Waals surface area contributed by atoms with Crippen LogP contribution in [0.25, 0.3) is 0 Å². The summed E-state index contributed by atoms with van der Waals surface area (Å²) < 4.78 is 41.9. The lowest BCUT2D eigenvalue weighted by atomic mass is 9.78. The summed E-state index contributed by atoms with van der Waals surface area (Å²) in [5, 5.41) is 7.67. The largest absolute Gasteiger partial charge is 0.393 e. The Hall–Kier alpha value is -5.75. The van der Waals surface area contributed by atoms with Gasteiger partial charge in [-0.2, -0.15) is 13.2 Å². The summed E-state index contributed by atoms with van der Waals surface area (Å²) >= 11 is 6.40. The van der Waals surface area contributed by atoms with E-state index in [2.05, 4.69) is 22.9 Å². The number of hydrogen-bond donors (Lipinski definition) is 3. The van der Waals surface area contributed by atoms with Gasteiger partial charge in [-0.3, -0.25) is 52.7 Å². The number of hydrogen-bond acceptors (Lipinski definition) is 11. The summed E-state index contributed by atoms with van der Waals surface area (Å²) in [5.41, 5.74) is -1.48. The number of nitrogens with zero attached hydrogens (tertiary/aromatic N) is 8. The Balaban J connectivity index is 1.39. The van der Waals surface area contributed by atoms with Crippen LogP contribution in [0.5, 0.6) is 0 Å². The lowest BCUT2D eigenvalue weighted by molar-refractivity contribution is -0.182. The van der Waals surface area contributed by atoms with E-state index in [0.29, 0.717) is 38.0 Å². The fraction of sp³-hybridized carbons (Fsp3) is 0.841. The molecule has 3 N–H and O–H groups in total. The van der Waals surface area contributed by atoms with Crippen LogP contribution in [-0.2, 0) is 52.7 Å². The van der Waals surface area contributed by atoms with E-state index in [1.54, 1.807) is 27.8 Å². The van der Waals surface area contributed by atoms with Gasteiger partial charge in [0.2, 0.25) is 65.0 Å². The maximum atomic E-state index is 15.3. The number of halogens is 4. The second-order valence-electron chi connectivity index (χ2n) is 29.8. The van der Waals surface area contributed by atoms with Crippen LogP contribution in [-0.4, -0.2) is 238 Å². The molecule has 3 heterocycles. The summed E-state index contributed by atoms with van der Waals surface area (Å²) in [5.74, 6) is -8.67. The monoisotopic (exact) mass is 1360 g/mol. The second-order valence-corrected chi connectivity index (χ2v) is 30.3. The minimum absolute atomic E-state index is 0.0158. The molecule has 6 aliphatic rings. The Morgan fingerprint density at radius 1 is 0.589 bits per heavy atom. The Labute approximate surface area is 567 Å². The van der Waals surface area contributed by atoms with Gasteiger partial charge >= 0.3 is 6.18 Å². The molecule has 0 bridgehead atoms. The minimum Gasteiger partial charge on any atom is -0.343 e. The molecule has 0 aromatic carbocycles. The molecule has 3 unspecified atom stereocenters. The van der Waals surface area contributed by atoms with Gasteiger partial charge in [-0.15, -0.1) is 11.6 Å². The van der Waals surface area contributed by atoms with Crippen molar-refractivity contribution in [1.82, 2.24) is 55.1 Å². The summed E-state index contributed by atoms with van der Waals surface area (Å²) in [7, 11) is 8.98. The molecule has 3 saturated carbocycles. The molecule has 6 fully saturated rings. The first-order valence-corrected chi connectivity index (χ1v) is 35.7. The topological polar surface area (TPSA) is 250 Å². The first kappa shape index (κ1) is 78.2. The fourth-order valence-electron chi connectivity index (χ4n) is 15.3. The van der Waals surface area contributed by atoms with Crippen LogP contribution < -0.4 is 16.0 Å². The van der Waals surface area contributed by atoms with E-state index in [4.69, 9.17) is 11.6 Å². The van der Waals surface area contributed by atoms with E-state index in [9.17, 15) is 51.5 Å². The number of alkyl halides is 4. The van der Waals surface area contributed by atoms with Gasteiger partial charge < -0.3 is 55.1 Å². The molecule has 0 aromatic rings. The third kappa shape index (κ3) is 18.7. The van der Waals surface area contributed by atoms with Gasteiger partial charge in [-0.1, -0.05) is 99.8 Å². The SMILES string of the molecule is CC[C@H](C)[C@@H]1NC(=O)[C@H](CC(C)C)N(C)C(=O)C[C@@H](C)N(C)C(=O)[C@H]([C@@H](C)CC)N(C)C(=O)C2(CCCC2)NC(=O)[C@@H]2CCCN2C(=O)[C@H](CCC2CCC(C(F)(F)F)C(Cl)C2)NC(=O)CN(C)C(=O)[C@H](CC2CCC(C)CC2)N(C)C(=O)[C@@H]2CCN2C(=O)[C@H](C)N(C)C1=O. The molecule has 6 rings (SSSR count). The number of carbonyl (C=O) groups excluding carboxylic acids is 11. The molecule has 26 heteroatoms.